The highest BCUT2D eigenvalue weighted by atomic mass is 32.1. The molecule has 0 fully saturated rings. The van der Waals surface area contributed by atoms with Crippen LogP contribution in [0.15, 0.2) is 48.1 Å². The number of carbonyl (C=O) groups is 1. The van der Waals surface area contributed by atoms with Crippen LogP contribution < -0.4 is 5.43 Å². The normalized spacial score (nSPS) is 10.7. The van der Waals surface area contributed by atoms with E-state index in [0.717, 1.165) is 17.5 Å². The summed E-state index contributed by atoms with van der Waals surface area (Å²) in [5, 5.41) is 2.02. The highest BCUT2D eigenvalue weighted by Crippen LogP contribution is 2.12. The highest BCUT2D eigenvalue weighted by Gasteiger charge is 2.06. The third kappa shape index (κ3) is 2.66. The van der Waals surface area contributed by atoms with Gasteiger partial charge in [-0.3, -0.25) is 10.2 Å². The van der Waals surface area contributed by atoms with Gasteiger partial charge in [0.15, 0.2) is 0 Å². The van der Waals surface area contributed by atoms with Crippen molar-refractivity contribution in [2.24, 2.45) is 0 Å². The van der Waals surface area contributed by atoms with Crippen molar-refractivity contribution in [2.45, 2.75) is 12.8 Å². The van der Waals surface area contributed by atoms with Gasteiger partial charge < -0.3 is 0 Å². The van der Waals surface area contributed by atoms with Gasteiger partial charge in [-0.2, -0.15) is 0 Å². The third-order valence-electron chi connectivity index (χ3n) is 2.88. The van der Waals surface area contributed by atoms with Crippen LogP contribution in [0.1, 0.15) is 11.3 Å². The quantitative estimate of drug-likeness (QED) is 0.793. The Kier molecular flexibility index (Phi) is 3.29. The van der Waals surface area contributed by atoms with Crippen molar-refractivity contribution in [3.63, 3.8) is 0 Å². The van der Waals surface area contributed by atoms with Crippen LogP contribution in [0.5, 0.6) is 0 Å². The summed E-state index contributed by atoms with van der Waals surface area (Å²) in [6.45, 7) is 0. The van der Waals surface area contributed by atoms with Crippen LogP contribution in [-0.2, 0) is 11.2 Å². The van der Waals surface area contributed by atoms with Gasteiger partial charge in [0.25, 0.3) is 0 Å². The molecule has 0 spiro atoms. The van der Waals surface area contributed by atoms with Crippen molar-refractivity contribution in [1.29, 1.82) is 0 Å². The van der Waals surface area contributed by atoms with Crippen molar-refractivity contribution >= 4 is 28.3 Å². The molecule has 0 bridgehead atoms. The molecule has 19 heavy (non-hydrogen) atoms. The molecule has 0 aliphatic heterocycles. The predicted octanol–water partition coefficient (Wildman–Crippen LogP) is 2.80. The van der Waals surface area contributed by atoms with Gasteiger partial charge in [-0.05, 0) is 30.0 Å². The van der Waals surface area contributed by atoms with Crippen LogP contribution in [0.25, 0.3) is 11.0 Å². The lowest BCUT2D eigenvalue weighted by molar-refractivity contribution is -0.117. The predicted molar refractivity (Wildman–Crippen MR) is 76.7 cm³/mol. The number of thiophene rings is 1. The maximum atomic E-state index is 11.9. The molecule has 3 rings (SSSR count). The molecule has 96 valence electrons. The fraction of sp³-hybridized carbons (Fsp3) is 0.143. The molecule has 0 radical (unpaired) electrons. The molecule has 1 amide bonds. The minimum Gasteiger partial charge on any atom is -0.273 e. The summed E-state index contributed by atoms with van der Waals surface area (Å²) in [4.78, 5) is 17.4. The second-order valence-corrected chi connectivity index (χ2v) is 5.25. The Bertz CT molecular complexity index is 688. The minimum absolute atomic E-state index is 0.00319. The molecule has 0 saturated heterocycles. The first-order valence-electron chi connectivity index (χ1n) is 6.07. The number of benzene rings is 1. The van der Waals surface area contributed by atoms with Gasteiger partial charge in [0.1, 0.15) is 6.33 Å². The number of hydrogen-bond donors (Lipinski definition) is 1. The molecule has 1 aromatic carbocycles. The Labute approximate surface area is 114 Å². The Balaban J connectivity index is 1.66. The largest absolute Gasteiger partial charge is 0.273 e. The topological polar surface area (TPSA) is 46.9 Å². The first-order chi connectivity index (χ1) is 9.33. The zero-order valence-corrected chi connectivity index (χ0v) is 11.1. The van der Waals surface area contributed by atoms with E-state index in [1.54, 1.807) is 22.3 Å². The number of fused-ring (bicyclic) bond motifs is 1. The van der Waals surface area contributed by atoms with E-state index in [2.05, 4.69) is 10.4 Å². The summed E-state index contributed by atoms with van der Waals surface area (Å²) in [7, 11) is 0. The van der Waals surface area contributed by atoms with E-state index in [0.29, 0.717) is 6.42 Å². The average Bonchev–Trinajstić information content (AvgIpc) is 3.07. The standard InChI is InChI=1S/C14H13N3OS/c18-14(8-7-11-4-3-9-19-11)16-17-10-15-12-5-1-2-6-13(12)17/h1-6,9-10H,7-8H2,(H,16,18). The lowest BCUT2D eigenvalue weighted by atomic mass is 10.2. The van der Waals surface area contributed by atoms with Gasteiger partial charge >= 0.3 is 0 Å². The number of carbonyl (C=O) groups excluding carboxylic acids is 1. The van der Waals surface area contributed by atoms with E-state index in [1.807, 2.05) is 41.8 Å². The molecule has 0 aliphatic rings. The zero-order chi connectivity index (χ0) is 13.1. The maximum absolute atomic E-state index is 11.9. The van der Waals surface area contributed by atoms with Crippen molar-refractivity contribution < 1.29 is 4.79 Å². The number of aryl methyl sites for hydroxylation is 1. The van der Waals surface area contributed by atoms with E-state index in [4.69, 9.17) is 0 Å². The van der Waals surface area contributed by atoms with E-state index < -0.39 is 0 Å². The van der Waals surface area contributed by atoms with E-state index in [1.165, 1.54) is 4.88 Å². The molecule has 4 nitrogen and oxygen atoms in total. The number of imidazole rings is 1. The van der Waals surface area contributed by atoms with Crippen LogP contribution in [0.3, 0.4) is 0 Å². The van der Waals surface area contributed by atoms with Crippen LogP contribution in [0.2, 0.25) is 0 Å². The number of hydrogen-bond acceptors (Lipinski definition) is 3. The number of para-hydroxylation sites is 2. The van der Waals surface area contributed by atoms with Crippen molar-refractivity contribution in [1.82, 2.24) is 9.66 Å². The molecule has 2 aromatic heterocycles. The summed E-state index contributed by atoms with van der Waals surface area (Å²) in [5.41, 5.74) is 4.63. The van der Waals surface area contributed by atoms with E-state index in [-0.39, 0.29) is 5.91 Å². The molecule has 0 atom stereocenters. The van der Waals surface area contributed by atoms with Crippen molar-refractivity contribution in [2.75, 3.05) is 5.43 Å². The van der Waals surface area contributed by atoms with Crippen molar-refractivity contribution in [3.8, 4) is 0 Å². The number of nitrogens with one attached hydrogen (secondary N) is 1. The molecule has 1 N–H and O–H groups in total. The van der Waals surface area contributed by atoms with E-state index in [9.17, 15) is 4.79 Å². The van der Waals surface area contributed by atoms with Gasteiger partial charge in [0.05, 0.1) is 11.0 Å². The van der Waals surface area contributed by atoms with Gasteiger partial charge in [0.2, 0.25) is 5.91 Å². The van der Waals surface area contributed by atoms with Crippen LogP contribution in [-0.4, -0.2) is 15.6 Å². The summed E-state index contributed by atoms with van der Waals surface area (Å²) in [6.07, 6.45) is 2.89. The Morgan fingerprint density at radius 3 is 3.00 bits per heavy atom. The molecular weight excluding hydrogens is 258 g/mol. The summed E-state index contributed by atoms with van der Waals surface area (Å²) in [6, 6.07) is 11.8. The average molecular weight is 271 g/mol. The summed E-state index contributed by atoms with van der Waals surface area (Å²) < 4.78 is 1.67. The number of aromatic nitrogens is 2. The van der Waals surface area contributed by atoms with Gasteiger partial charge in [-0.25, -0.2) is 9.66 Å². The van der Waals surface area contributed by atoms with Crippen LogP contribution in [0, 0.1) is 0 Å². The van der Waals surface area contributed by atoms with Gasteiger partial charge in [-0.1, -0.05) is 18.2 Å². The van der Waals surface area contributed by atoms with E-state index >= 15 is 0 Å². The highest BCUT2D eigenvalue weighted by molar-refractivity contribution is 7.09. The number of nitrogens with zero attached hydrogens (tertiary/aromatic N) is 2. The second-order valence-electron chi connectivity index (χ2n) is 4.22. The minimum atomic E-state index is -0.00319. The molecule has 3 aromatic rings. The molecular formula is C14H13N3OS. The Morgan fingerprint density at radius 1 is 1.26 bits per heavy atom. The first-order valence-corrected chi connectivity index (χ1v) is 6.95. The monoisotopic (exact) mass is 271 g/mol. The Hall–Kier alpha value is -2.14. The maximum Gasteiger partial charge on any atom is 0.239 e. The molecule has 5 heteroatoms. The SMILES string of the molecule is O=C(CCc1cccs1)Nn1cnc2ccccc21. The Morgan fingerprint density at radius 2 is 2.16 bits per heavy atom. The third-order valence-corrected chi connectivity index (χ3v) is 3.81. The lowest BCUT2D eigenvalue weighted by Crippen LogP contribution is -2.22. The number of amides is 1. The van der Waals surface area contributed by atoms with Gasteiger partial charge in [0, 0.05) is 11.3 Å². The molecule has 2 heterocycles. The van der Waals surface area contributed by atoms with Crippen molar-refractivity contribution in [3.05, 3.63) is 53.0 Å². The number of rotatable bonds is 4. The lowest BCUT2D eigenvalue weighted by Gasteiger charge is -2.06. The van der Waals surface area contributed by atoms with Crippen LogP contribution >= 0.6 is 11.3 Å². The molecule has 0 unspecified atom stereocenters. The molecule has 0 saturated carbocycles. The smallest absolute Gasteiger partial charge is 0.239 e. The van der Waals surface area contributed by atoms with Gasteiger partial charge in [-0.15, -0.1) is 11.3 Å². The summed E-state index contributed by atoms with van der Waals surface area (Å²) in [5.74, 6) is -0.00319. The first kappa shape index (κ1) is 11.9. The zero-order valence-electron chi connectivity index (χ0n) is 10.2. The second kappa shape index (κ2) is 5.24. The summed E-state index contributed by atoms with van der Waals surface area (Å²) >= 11 is 1.68. The fourth-order valence-corrected chi connectivity index (χ4v) is 2.64. The molecule has 0 aliphatic carbocycles. The fourth-order valence-electron chi connectivity index (χ4n) is 1.93. The van der Waals surface area contributed by atoms with Crippen LogP contribution in [0.4, 0.5) is 0 Å².